The monoisotopic (exact) mass is 192 g/mol. The van der Waals surface area contributed by atoms with Crippen molar-refractivity contribution in [2.24, 2.45) is 5.92 Å². The SMILES string of the molecule is C[C@@H]1C[C@@H]2CC(Cn3nccn3)(C1)N2. The van der Waals surface area contributed by atoms with Gasteiger partial charge in [-0.1, -0.05) is 6.92 Å². The fraction of sp³-hybridized carbons (Fsp3) is 0.800. The predicted octanol–water partition coefficient (Wildman–Crippen LogP) is 0.809. The Hall–Kier alpha value is -0.900. The smallest absolute Gasteiger partial charge is 0.0789 e. The van der Waals surface area contributed by atoms with Gasteiger partial charge in [0.1, 0.15) is 0 Å². The van der Waals surface area contributed by atoms with Crippen molar-refractivity contribution in [3.63, 3.8) is 0 Å². The Morgan fingerprint density at radius 2 is 2.14 bits per heavy atom. The number of rotatable bonds is 2. The summed E-state index contributed by atoms with van der Waals surface area (Å²) in [4.78, 5) is 1.81. The average Bonchev–Trinajstić information content (AvgIpc) is 2.53. The van der Waals surface area contributed by atoms with E-state index in [2.05, 4.69) is 22.4 Å². The van der Waals surface area contributed by atoms with Gasteiger partial charge in [-0.3, -0.25) is 0 Å². The second kappa shape index (κ2) is 2.79. The minimum atomic E-state index is 0.307. The van der Waals surface area contributed by atoms with Crippen molar-refractivity contribution in [1.29, 1.82) is 0 Å². The second-order valence-electron chi connectivity index (χ2n) is 4.93. The fourth-order valence-electron chi connectivity index (χ4n) is 3.17. The van der Waals surface area contributed by atoms with Crippen LogP contribution in [0.4, 0.5) is 0 Å². The Morgan fingerprint density at radius 3 is 2.79 bits per heavy atom. The highest BCUT2D eigenvalue weighted by molar-refractivity contribution is 5.07. The first-order chi connectivity index (χ1) is 6.76. The lowest BCUT2D eigenvalue weighted by atomic mass is 9.66. The quantitative estimate of drug-likeness (QED) is 0.754. The second-order valence-corrected chi connectivity index (χ2v) is 4.93. The minimum absolute atomic E-state index is 0.307. The molecule has 3 atom stereocenters. The Labute approximate surface area is 83.7 Å². The van der Waals surface area contributed by atoms with Crippen molar-refractivity contribution in [3.05, 3.63) is 12.4 Å². The molecule has 2 bridgehead atoms. The van der Waals surface area contributed by atoms with Crippen molar-refractivity contribution in [1.82, 2.24) is 20.3 Å². The van der Waals surface area contributed by atoms with Crippen LogP contribution in [0.3, 0.4) is 0 Å². The molecular weight excluding hydrogens is 176 g/mol. The summed E-state index contributed by atoms with van der Waals surface area (Å²) >= 11 is 0. The van der Waals surface area contributed by atoms with Gasteiger partial charge in [0.2, 0.25) is 0 Å². The topological polar surface area (TPSA) is 42.7 Å². The lowest BCUT2D eigenvalue weighted by molar-refractivity contribution is 0.0185. The van der Waals surface area contributed by atoms with Gasteiger partial charge >= 0.3 is 0 Å². The molecule has 0 radical (unpaired) electrons. The summed E-state index contributed by atoms with van der Waals surface area (Å²) in [6.07, 6.45) is 7.41. The molecule has 0 spiro atoms. The molecule has 3 fully saturated rings. The van der Waals surface area contributed by atoms with Crippen molar-refractivity contribution in [2.75, 3.05) is 0 Å². The number of hydrogen-bond donors (Lipinski definition) is 1. The van der Waals surface area contributed by atoms with E-state index in [1.807, 2.05) is 0 Å². The van der Waals surface area contributed by atoms with E-state index in [9.17, 15) is 0 Å². The summed E-state index contributed by atoms with van der Waals surface area (Å²) < 4.78 is 0. The van der Waals surface area contributed by atoms with Gasteiger partial charge in [0, 0.05) is 11.6 Å². The first-order valence-corrected chi connectivity index (χ1v) is 5.38. The molecule has 3 heterocycles. The number of nitrogens with one attached hydrogen (secondary N) is 1. The molecule has 1 unspecified atom stereocenters. The summed E-state index contributed by atoms with van der Waals surface area (Å²) in [5.41, 5.74) is 0.307. The Kier molecular flexibility index (Phi) is 1.68. The van der Waals surface area contributed by atoms with Crippen LogP contribution in [0.2, 0.25) is 0 Å². The summed E-state index contributed by atoms with van der Waals surface area (Å²) in [5, 5.41) is 12.0. The van der Waals surface area contributed by atoms with Crippen molar-refractivity contribution in [2.45, 2.75) is 44.3 Å². The van der Waals surface area contributed by atoms with Gasteiger partial charge in [0.05, 0.1) is 18.9 Å². The number of hydrogen-bond acceptors (Lipinski definition) is 3. The zero-order valence-electron chi connectivity index (χ0n) is 8.48. The van der Waals surface area contributed by atoms with Gasteiger partial charge in [-0.05, 0) is 25.2 Å². The Bertz CT molecular complexity index is 313. The van der Waals surface area contributed by atoms with Crippen LogP contribution in [-0.4, -0.2) is 26.6 Å². The van der Waals surface area contributed by atoms with Crippen LogP contribution in [0.5, 0.6) is 0 Å². The minimum Gasteiger partial charge on any atom is -0.307 e. The maximum Gasteiger partial charge on any atom is 0.0789 e. The molecule has 2 aliphatic heterocycles. The molecule has 0 amide bonds. The predicted molar refractivity (Wildman–Crippen MR) is 52.7 cm³/mol. The molecule has 1 aliphatic carbocycles. The van der Waals surface area contributed by atoms with Gasteiger partial charge in [-0.25, -0.2) is 0 Å². The number of piperidine rings is 1. The molecule has 3 aliphatic rings. The molecule has 1 aromatic rings. The van der Waals surface area contributed by atoms with Crippen molar-refractivity contribution < 1.29 is 0 Å². The molecule has 1 aromatic heterocycles. The number of nitrogens with zero attached hydrogens (tertiary/aromatic N) is 3. The molecule has 4 heteroatoms. The number of aromatic nitrogens is 3. The summed E-state index contributed by atoms with van der Waals surface area (Å²) in [7, 11) is 0. The molecule has 2 saturated heterocycles. The molecule has 1 N–H and O–H groups in total. The van der Waals surface area contributed by atoms with Crippen LogP contribution in [-0.2, 0) is 6.54 Å². The van der Waals surface area contributed by atoms with Crippen LogP contribution in [0, 0.1) is 5.92 Å². The fourth-order valence-corrected chi connectivity index (χ4v) is 3.17. The third-order valence-corrected chi connectivity index (χ3v) is 3.48. The molecular formula is C10H16N4. The van der Waals surface area contributed by atoms with E-state index in [-0.39, 0.29) is 0 Å². The maximum atomic E-state index is 4.17. The maximum absolute atomic E-state index is 4.17. The zero-order valence-corrected chi connectivity index (χ0v) is 8.48. The highest BCUT2D eigenvalue weighted by atomic mass is 15.5. The molecule has 14 heavy (non-hydrogen) atoms. The highest BCUT2D eigenvalue weighted by Gasteiger charge is 2.49. The van der Waals surface area contributed by atoms with E-state index in [1.165, 1.54) is 19.3 Å². The third-order valence-electron chi connectivity index (χ3n) is 3.48. The van der Waals surface area contributed by atoms with E-state index in [4.69, 9.17) is 0 Å². The van der Waals surface area contributed by atoms with E-state index in [1.54, 1.807) is 17.2 Å². The van der Waals surface area contributed by atoms with Crippen molar-refractivity contribution in [3.8, 4) is 0 Å². The van der Waals surface area contributed by atoms with Crippen LogP contribution < -0.4 is 5.32 Å². The van der Waals surface area contributed by atoms with Crippen LogP contribution >= 0.6 is 0 Å². The molecule has 4 nitrogen and oxygen atoms in total. The molecule has 4 rings (SSSR count). The first kappa shape index (κ1) is 8.41. The third kappa shape index (κ3) is 1.25. The molecule has 0 aromatic carbocycles. The summed E-state index contributed by atoms with van der Waals surface area (Å²) in [5.74, 6) is 0.852. The van der Waals surface area contributed by atoms with Crippen LogP contribution in [0.15, 0.2) is 12.4 Å². The van der Waals surface area contributed by atoms with Gasteiger partial charge in [0.25, 0.3) is 0 Å². The Balaban J connectivity index is 1.73. The van der Waals surface area contributed by atoms with E-state index in [0.29, 0.717) is 5.54 Å². The van der Waals surface area contributed by atoms with E-state index >= 15 is 0 Å². The lowest BCUT2D eigenvalue weighted by Gasteiger charge is -2.55. The lowest BCUT2D eigenvalue weighted by Crippen LogP contribution is -2.69. The number of fused-ring (bicyclic) bond motifs is 2. The van der Waals surface area contributed by atoms with Gasteiger partial charge in [-0.2, -0.15) is 15.0 Å². The molecule has 76 valence electrons. The normalized spacial score (nSPS) is 40.6. The van der Waals surface area contributed by atoms with Gasteiger partial charge in [-0.15, -0.1) is 0 Å². The van der Waals surface area contributed by atoms with Crippen LogP contribution in [0.1, 0.15) is 26.2 Å². The highest BCUT2D eigenvalue weighted by Crippen LogP contribution is 2.41. The van der Waals surface area contributed by atoms with Crippen molar-refractivity contribution >= 4 is 0 Å². The van der Waals surface area contributed by atoms with Crippen LogP contribution in [0.25, 0.3) is 0 Å². The zero-order chi connectivity index (χ0) is 9.60. The van der Waals surface area contributed by atoms with E-state index < -0.39 is 0 Å². The largest absolute Gasteiger partial charge is 0.307 e. The summed E-state index contributed by atoms with van der Waals surface area (Å²) in [6.45, 7) is 3.28. The average molecular weight is 192 g/mol. The van der Waals surface area contributed by atoms with Gasteiger partial charge < -0.3 is 5.32 Å². The standard InChI is InChI=1S/C10H16N4/c1-8-4-9-6-10(5-8,13-9)7-14-11-2-3-12-14/h2-3,8-9,13H,4-7H2,1H3/t8-,9-,10?/m1/s1. The van der Waals surface area contributed by atoms with Gasteiger partial charge in [0.15, 0.2) is 0 Å². The molecule has 1 saturated carbocycles. The van der Waals surface area contributed by atoms with E-state index in [0.717, 1.165) is 18.5 Å². The summed E-state index contributed by atoms with van der Waals surface area (Å²) in [6, 6.07) is 0.759. The Morgan fingerprint density at radius 1 is 1.43 bits per heavy atom. The first-order valence-electron chi connectivity index (χ1n) is 5.38.